The van der Waals surface area contributed by atoms with Crippen LogP contribution in [-0.2, 0) is 0 Å². The van der Waals surface area contributed by atoms with Crippen LogP contribution in [0.1, 0.15) is 0 Å². The van der Waals surface area contributed by atoms with Gasteiger partial charge in [0.15, 0.2) is 23.0 Å². The Labute approximate surface area is 574 Å². The summed E-state index contributed by atoms with van der Waals surface area (Å²) in [5, 5.41) is 20.9. The quantitative estimate of drug-likeness (QED) is 0.171. The number of para-hydroxylation sites is 8. The number of hydrogen-bond acceptors (Lipinski definition) is 6. The summed E-state index contributed by atoms with van der Waals surface area (Å²) in [6.45, 7) is 0. The zero-order valence-corrected chi connectivity index (χ0v) is 54.3. The van der Waals surface area contributed by atoms with E-state index >= 15 is 0 Å². The molecule has 0 aliphatic rings. The molecule has 464 valence electrons. The third-order valence-electron chi connectivity index (χ3n) is 22.1. The van der Waals surface area contributed by atoms with Gasteiger partial charge in [-0.05, 0) is 119 Å². The number of nitrogens with zero attached hydrogens (tertiary/aromatic N) is 9. The van der Waals surface area contributed by atoms with Crippen molar-refractivity contribution in [3.05, 3.63) is 285 Å². The molecule has 101 heavy (non-hydrogen) atoms. The molecule has 10 nitrogen and oxygen atoms in total. The van der Waals surface area contributed by atoms with Crippen molar-refractivity contribution >= 4 is 206 Å². The van der Waals surface area contributed by atoms with Crippen molar-refractivity contribution in [2.24, 2.45) is 0 Å². The van der Waals surface area contributed by atoms with Crippen LogP contribution in [0.3, 0.4) is 0 Å². The van der Waals surface area contributed by atoms with Gasteiger partial charge in [-0.15, -0.1) is 11.3 Å². The molecule has 0 bridgehead atoms. The minimum Gasteiger partial charge on any atom is -0.450 e. The van der Waals surface area contributed by atoms with E-state index in [0.29, 0.717) is 23.2 Å². The van der Waals surface area contributed by atoms with Crippen molar-refractivity contribution in [1.82, 2.24) is 42.4 Å². The number of aromatic nitrogens is 9. The van der Waals surface area contributed by atoms with Crippen LogP contribution in [0.2, 0.25) is 0 Å². The molecule has 0 aliphatic heterocycles. The number of fused-ring (bicyclic) bond motifs is 30. The predicted molar refractivity (Wildman–Crippen MR) is 419 cm³/mol. The van der Waals surface area contributed by atoms with Crippen LogP contribution in [0.15, 0.2) is 290 Å². The summed E-state index contributed by atoms with van der Waals surface area (Å²) in [6, 6.07) is 104. The Hall–Kier alpha value is -13.5. The van der Waals surface area contributed by atoms with Gasteiger partial charge in [-0.3, -0.25) is 13.7 Å². The molecule has 25 aromatic rings. The van der Waals surface area contributed by atoms with Crippen LogP contribution in [0.5, 0.6) is 0 Å². The third kappa shape index (κ3) is 6.67. The lowest BCUT2D eigenvalue weighted by molar-refractivity contribution is 0.661. The van der Waals surface area contributed by atoms with Crippen molar-refractivity contribution < 1.29 is 4.42 Å². The Morgan fingerprint density at radius 1 is 0.277 bits per heavy atom. The van der Waals surface area contributed by atoms with E-state index in [9.17, 15) is 0 Å². The molecular weight excluding hydrogens is 1260 g/mol. The Bertz CT molecular complexity index is 8000. The maximum atomic E-state index is 7.01. The Kier molecular flexibility index (Phi) is 9.80. The van der Waals surface area contributed by atoms with Crippen molar-refractivity contribution in [2.75, 3.05) is 0 Å². The summed E-state index contributed by atoms with van der Waals surface area (Å²) in [5.74, 6) is 2.78. The smallest absolute Gasteiger partial charge is 0.237 e. The largest absolute Gasteiger partial charge is 0.450 e. The van der Waals surface area contributed by atoms with Gasteiger partial charge >= 0.3 is 0 Å². The Morgan fingerprint density at radius 2 is 0.743 bits per heavy atom. The summed E-state index contributed by atoms with van der Waals surface area (Å²) in [7, 11) is 0. The van der Waals surface area contributed by atoms with E-state index in [1.165, 1.54) is 75.9 Å². The second-order valence-corrected chi connectivity index (χ2v) is 28.2. The van der Waals surface area contributed by atoms with Gasteiger partial charge in [0.2, 0.25) is 5.95 Å². The fraction of sp³-hybridized carbons (Fsp3) is 0. The van der Waals surface area contributed by atoms with Crippen LogP contribution < -0.4 is 0 Å². The Balaban J connectivity index is 0.751. The molecule has 0 N–H and O–H groups in total. The zero-order valence-electron chi connectivity index (χ0n) is 53.5. The van der Waals surface area contributed by atoms with Gasteiger partial charge in [-0.1, -0.05) is 188 Å². The molecule has 0 atom stereocenters. The molecule has 25 rings (SSSR count). The van der Waals surface area contributed by atoms with Crippen molar-refractivity contribution in [1.29, 1.82) is 0 Å². The first-order valence-electron chi connectivity index (χ1n) is 34.3. The number of benzene rings is 14. The second-order valence-electron chi connectivity index (χ2n) is 27.2. The number of thiophene rings is 1. The third-order valence-corrected chi connectivity index (χ3v) is 23.3. The first-order valence-corrected chi connectivity index (χ1v) is 35.1. The molecular formula is C90H47N9OS. The highest BCUT2D eigenvalue weighted by molar-refractivity contribution is 7.26. The fourth-order valence-electron chi connectivity index (χ4n) is 18.0. The van der Waals surface area contributed by atoms with Gasteiger partial charge in [0.05, 0.1) is 76.4 Å². The van der Waals surface area contributed by atoms with Gasteiger partial charge in [-0.2, -0.15) is 4.98 Å². The number of rotatable bonds is 5. The van der Waals surface area contributed by atoms with E-state index in [1.807, 2.05) is 12.1 Å². The normalized spacial score (nSPS) is 12.8. The highest BCUT2D eigenvalue weighted by Crippen LogP contribution is 2.52. The number of furan rings is 1. The molecule has 0 aliphatic carbocycles. The summed E-state index contributed by atoms with van der Waals surface area (Å²) in [5.41, 5.74) is 19.7. The van der Waals surface area contributed by atoms with E-state index in [2.05, 4.69) is 295 Å². The fourth-order valence-corrected chi connectivity index (χ4v) is 19.1. The molecule has 0 amide bonds. The van der Waals surface area contributed by atoms with Crippen molar-refractivity contribution in [3.63, 3.8) is 0 Å². The monoisotopic (exact) mass is 1300 g/mol. The lowest BCUT2D eigenvalue weighted by atomic mass is 9.98. The van der Waals surface area contributed by atoms with Gasteiger partial charge in [0, 0.05) is 96.4 Å². The van der Waals surface area contributed by atoms with E-state index in [0.717, 1.165) is 136 Å². The van der Waals surface area contributed by atoms with Gasteiger partial charge in [0.25, 0.3) is 0 Å². The van der Waals surface area contributed by atoms with E-state index in [1.54, 1.807) is 11.3 Å². The molecule has 0 spiro atoms. The minimum atomic E-state index is 0.570. The van der Waals surface area contributed by atoms with E-state index in [4.69, 9.17) is 24.4 Å². The molecule has 14 aromatic carbocycles. The molecule has 11 aromatic heterocycles. The lowest BCUT2D eigenvalue weighted by Crippen LogP contribution is -2.06. The van der Waals surface area contributed by atoms with Gasteiger partial charge in [-0.25, -0.2) is 15.0 Å². The maximum absolute atomic E-state index is 7.01. The molecule has 0 saturated heterocycles. The standard InChI is InChI=1S/C90H47N9OS/c1-2-20-49-43-52(38-37-48(49)19-1)87-91-82-64-45-51(40-42-76(64)101-86(82)89(93-87)98-71-35-17-8-26-58(71)77-74(98)47-61-55-23-5-11-29-65(55)95-69-33-15-9-27-59(69)79(77)83(61)95)50-39-41-72-63(44-50)80-78-57-25-7-16-34-70(57)97(73(78)46-62-56-24-6-12-30-66(56)96(72)84(62)80)88-85-81(60-28-10-18-36-75(60)100-85)92-90(94-88)99-67-31-13-3-21-53(67)54-22-4-14-32-68(54)99/h1-47H. The van der Waals surface area contributed by atoms with Gasteiger partial charge < -0.3 is 13.2 Å². The average Bonchev–Trinajstić information content (AvgIpc) is 1.47. The average molecular weight is 1300 g/mol. The summed E-state index contributed by atoms with van der Waals surface area (Å²) in [6.07, 6.45) is 0. The zero-order chi connectivity index (χ0) is 65.2. The first-order chi connectivity index (χ1) is 50.1. The predicted octanol–water partition coefficient (Wildman–Crippen LogP) is 23.6. The van der Waals surface area contributed by atoms with Crippen molar-refractivity contribution in [2.45, 2.75) is 0 Å². The summed E-state index contributed by atoms with van der Waals surface area (Å²) in [4.78, 5) is 22.8. The van der Waals surface area contributed by atoms with Crippen LogP contribution >= 0.6 is 11.3 Å². The molecule has 11 heteroatoms. The molecule has 0 radical (unpaired) electrons. The van der Waals surface area contributed by atoms with Gasteiger partial charge in [0.1, 0.15) is 11.1 Å². The van der Waals surface area contributed by atoms with E-state index < -0.39 is 0 Å². The van der Waals surface area contributed by atoms with Crippen LogP contribution in [-0.4, -0.2) is 42.4 Å². The molecule has 11 heterocycles. The van der Waals surface area contributed by atoms with Crippen LogP contribution in [0, 0.1) is 0 Å². The maximum Gasteiger partial charge on any atom is 0.237 e. The topological polar surface area (TPSA) is 88.3 Å². The SMILES string of the molecule is c1ccc2cc(-c3nc(-n4c5ccccc5c5c6c7ccccc7n7c8ccccc8c(cc54)c67)c4sc5ccc(-c6ccc7c(c6)c6c8c9ccccc9n(-c9nc(-n%10c%11ccccc%11c%11ccccc%11%10)nc%10c9oc9ccccc9%10)c8cc8c9ccccc9n7c86)cc5c4n3)ccc2c1. The van der Waals surface area contributed by atoms with Crippen LogP contribution in [0.25, 0.3) is 235 Å². The second kappa shape index (κ2) is 18.8. The molecule has 0 saturated carbocycles. The molecule has 0 fully saturated rings. The van der Waals surface area contributed by atoms with E-state index in [-0.39, 0.29) is 0 Å². The first kappa shape index (κ1) is 52.7. The highest BCUT2D eigenvalue weighted by atomic mass is 32.1. The van der Waals surface area contributed by atoms with Crippen molar-refractivity contribution in [3.8, 4) is 40.1 Å². The summed E-state index contributed by atoms with van der Waals surface area (Å²) >= 11 is 1.77. The van der Waals surface area contributed by atoms with Crippen LogP contribution in [0.4, 0.5) is 0 Å². The lowest BCUT2D eigenvalue weighted by Gasteiger charge is -2.12. The minimum absolute atomic E-state index is 0.570. The molecule has 0 unspecified atom stereocenters. The summed E-state index contributed by atoms with van der Waals surface area (Å²) < 4.78 is 21.2. The Morgan fingerprint density at radius 3 is 1.38 bits per heavy atom. The highest BCUT2D eigenvalue weighted by Gasteiger charge is 2.31. The number of hydrogen-bond donors (Lipinski definition) is 0.